The summed E-state index contributed by atoms with van der Waals surface area (Å²) in [6, 6.07) is 13.8. The highest BCUT2D eigenvalue weighted by atomic mass is 32.1. The van der Waals surface area contributed by atoms with Crippen molar-refractivity contribution in [1.82, 2.24) is 10.2 Å². The first kappa shape index (κ1) is 29.0. The number of rotatable bonds is 12. The number of likely N-dealkylation sites (N-methyl/N-ethyl adjacent to an activating group) is 1. The molecule has 11 heteroatoms. The molecule has 210 valence electrons. The van der Waals surface area contributed by atoms with Gasteiger partial charge in [0.1, 0.15) is 17.1 Å². The number of phenolic OH excluding ortho intramolecular Hbond substituents is 1. The molecule has 0 unspecified atom stereocenters. The highest BCUT2D eigenvalue weighted by Crippen LogP contribution is 2.42. The number of hydrogen-bond donors (Lipinski definition) is 4. The number of nitrogens with one attached hydrogen (secondary N) is 2. The van der Waals surface area contributed by atoms with Crippen LogP contribution in [0.15, 0.2) is 63.8 Å². The first-order chi connectivity index (χ1) is 19.2. The Kier molecular flexibility index (Phi) is 9.67. The number of carboxylic acid groups (broad SMARTS) is 1. The SMILES string of the molecule is CN(C)CCOCCOCCNC(=S)Nc1ccc(-c2c3ccc(=O)cc-3oc3cc(O)ccc23)c(C(=O)O)c1. The molecule has 4 N–H and O–H groups in total. The average Bonchev–Trinajstić information content (AvgIpc) is 2.90. The summed E-state index contributed by atoms with van der Waals surface area (Å²) < 4.78 is 16.9. The van der Waals surface area contributed by atoms with E-state index in [1.807, 2.05) is 19.0 Å². The fraction of sp³-hybridized carbons (Fsp3) is 0.276. The number of phenols is 1. The molecular weight excluding hydrogens is 534 g/mol. The van der Waals surface area contributed by atoms with Crippen LogP contribution in [0.25, 0.3) is 33.4 Å². The second kappa shape index (κ2) is 13.4. The van der Waals surface area contributed by atoms with E-state index in [1.165, 1.54) is 30.3 Å². The summed E-state index contributed by atoms with van der Waals surface area (Å²) in [6.07, 6.45) is 0. The topological polar surface area (TPSA) is 134 Å². The van der Waals surface area contributed by atoms with Crippen molar-refractivity contribution in [3.05, 3.63) is 70.4 Å². The Balaban J connectivity index is 1.48. The molecule has 0 spiro atoms. The van der Waals surface area contributed by atoms with E-state index in [-0.39, 0.29) is 22.5 Å². The largest absolute Gasteiger partial charge is 0.508 e. The zero-order valence-electron chi connectivity index (χ0n) is 22.2. The number of thiocarbonyl (C=S) groups is 1. The Morgan fingerprint density at radius 1 is 0.975 bits per heavy atom. The van der Waals surface area contributed by atoms with E-state index < -0.39 is 5.97 Å². The van der Waals surface area contributed by atoms with Crippen LogP contribution in [0.5, 0.6) is 5.75 Å². The number of nitrogens with zero attached hydrogens (tertiary/aromatic N) is 1. The minimum absolute atomic E-state index is 0.0161. The summed E-state index contributed by atoms with van der Waals surface area (Å²) in [6.45, 7) is 3.39. The normalized spacial score (nSPS) is 11.3. The van der Waals surface area contributed by atoms with Gasteiger partial charge in [-0.2, -0.15) is 0 Å². The van der Waals surface area contributed by atoms with Crippen molar-refractivity contribution in [2.75, 3.05) is 58.9 Å². The summed E-state index contributed by atoms with van der Waals surface area (Å²) in [7, 11) is 3.97. The van der Waals surface area contributed by atoms with E-state index in [9.17, 15) is 19.8 Å². The Labute approximate surface area is 236 Å². The van der Waals surface area contributed by atoms with Crippen LogP contribution in [0.4, 0.5) is 5.69 Å². The number of ether oxygens (including phenoxy) is 2. The van der Waals surface area contributed by atoms with Crippen molar-refractivity contribution < 1.29 is 28.9 Å². The van der Waals surface area contributed by atoms with Crippen LogP contribution >= 0.6 is 12.2 Å². The van der Waals surface area contributed by atoms with Crippen molar-refractivity contribution >= 4 is 40.0 Å². The standard InChI is InChI=1S/C29H31N3O7S/c1-32(2)10-12-38-14-13-37-11-9-30-29(40)31-18-3-6-21(24(15-18)28(35)36)27-22-7-4-19(33)16-25(22)39-26-17-20(34)5-8-23(26)27/h3-8,15-17,33H,9-14H2,1-2H3,(H,35,36)(H2,30,31,40). The Bertz CT molecular complexity index is 1540. The molecule has 0 amide bonds. The van der Waals surface area contributed by atoms with Crippen LogP contribution in [0.1, 0.15) is 10.4 Å². The lowest BCUT2D eigenvalue weighted by atomic mass is 9.90. The fourth-order valence-corrected chi connectivity index (χ4v) is 4.37. The number of carboxylic acids is 1. The van der Waals surface area contributed by atoms with Gasteiger partial charge in [-0.15, -0.1) is 0 Å². The predicted molar refractivity (Wildman–Crippen MR) is 158 cm³/mol. The van der Waals surface area contributed by atoms with Gasteiger partial charge in [-0.25, -0.2) is 4.79 Å². The summed E-state index contributed by atoms with van der Waals surface area (Å²) >= 11 is 5.36. The van der Waals surface area contributed by atoms with Gasteiger partial charge in [0.2, 0.25) is 0 Å². The van der Waals surface area contributed by atoms with Gasteiger partial charge in [0.05, 0.1) is 32.0 Å². The fourth-order valence-electron chi connectivity index (χ4n) is 4.15. The van der Waals surface area contributed by atoms with Gasteiger partial charge in [-0.05, 0) is 68.3 Å². The first-order valence-corrected chi connectivity index (χ1v) is 13.1. The number of aromatic hydroxyl groups is 1. The highest BCUT2D eigenvalue weighted by Gasteiger charge is 2.22. The van der Waals surface area contributed by atoms with Crippen molar-refractivity contribution in [3.8, 4) is 28.2 Å². The molecule has 0 fully saturated rings. The number of aromatic carboxylic acids is 1. The van der Waals surface area contributed by atoms with Crippen molar-refractivity contribution in [3.63, 3.8) is 0 Å². The minimum Gasteiger partial charge on any atom is -0.508 e. The van der Waals surface area contributed by atoms with Crippen LogP contribution < -0.4 is 16.1 Å². The predicted octanol–water partition coefficient (Wildman–Crippen LogP) is 3.85. The number of hydrogen-bond acceptors (Lipinski definition) is 8. The van der Waals surface area contributed by atoms with Gasteiger partial charge < -0.3 is 39.6 Å². The quantitative estimate of drug-likeness (QED) is 0.113. The third-order valence-corrected chi connectivity index (χ3v) is 6.29. The van der Waals surface area contributed by atoms with Gasteiger partial charge in [0, 0.05) is 47.4 Å². The zero-order chi connectivity index (χ0) is 28.6. The Morgan fingerprint density at radius 2 is 1.73 bits per heavy atom. The van der Waals surface area contributed by atoms with E-state index in [1.54, 1.807) is 24.3 Å². The Hall–Kier alpha value is -4.03. The molecule has 1 aliphatic heterocycles. The van der Waals surface area contributed by atoms with E-state index in [0.717, 1.165) is 6.54 Å². The molecule has 0 saturated heterocycles. The summed E-state index contributed by atoms with van der Waals surface area (Å²) in [5, 5.41) is 27.0. The maximum atomic E-state index is 12.4. The highest BCUT2D eigenvalue weighted by molar-refractivity contribution is 7.80. The van der Waals surface area contributed by atoms with Crippen molar-refractivity contribution in [1.29, 1.82) is 0 Å². The first-order valence-electron chi connectivity index (χ1n) is 12.7. The van der Waals surface area contributed by atoms with Crippen LogP contribution in [-0.2, 0) is 9.47 Å². The van der Waals surface area contributed by atoms with Crippen molar-refractivity contribution in [2.24, 2.45) is 0 Å². The molecule has 0 saturated carbocycles. The zero-order valence-corrected chi connectivity index (χ0v) is 23.0. The maximum Gasteiger partial charge on any atom is 0.336 e. The molecule has 4 rings (SSSR count). The summed E-state index contributed by atoms with van der Waals surface area (Å²) in [5.74, 6) is -0.871. The molecule has 0 radical (unpaired) electrons. The van der Waals surface area contributed by atoms with E-state index in [4.69, 9.17) is 26.1 Å². The smallest absolute Gasteiger partial charge is 0.336 e. The average molecular weight is 566 g/mol. The molecular formula is C29H31N3O7S. The van der Waals surface area contributed by atoms with E-state index >= 15 is 0 Å². The van der Waals surface area contributed by atoms with Crippen LogP contribution in [-0.4, -0.2) is 79.8 Å². The lowest BCUT2D eigenvalue weighted by Gasteiger charge is -2.18. The lowest BCUT2D eigenvalue weighted by Crippen LogP contribution is -2.31. The molecule has 0 bridgehead atoms. The Morgan fingerprint density at radius 3 is 2.48 bits per heavy atom. The monoisotopic (exact) mass is 565 g/mol. The van der Waals surface area contributed by atoms with Gasteiger partial charge in [-0.1, -0.05) is 6.07 Å². The molecule has 2 aliphatic rings. The number of fused-ring (bicyclic) bond motifs is 2. The molecule has 1 heterocycles. The van der Waals surface area contributed by atoms with Crippen LogP contribution in [0, 0.1) is 0 Å². The maximum absolute atomic E-state index is 12.4. The second-order valence-corrected chi connectivity index (χ2v) is 9.70. The number of anilines is 1. The molecule has 10 nitrogen and oxygen atoms in total. The van der Waals surface area contributed by atoms with Crippen LogP contribution in [0.2, 0.25) is 0 Å². The second-order valence-electron chi connectivity index (χ2n) is 9.29. The van der Waals surface area contributed by atoms with E-state index in [2.05, 4.69) is 10.6 Å². The molecule has 0 aromatic heterocycles. The molecule has 2 aromatic rings. The minimum atomic E-state index is -1.14. The summed E-state index contributed by atoms with van der Waals surface area (Å²) in [4.78, 5) is 26.4. The number of carbonyl (C=O) groups is 1. The molecule has 40 heavy (non-hydrogen) atoms. The van der Waals surface area contributed by atoms with E-state index in [0.29, 0.717) is 71.4 Å². The molecule has 0 atom stereocenters. The molecule has 1 aliphatic carbocycles. The molecule has 2 aromatic carbocycles. The van der Waals surface area contributed by atoms with Crippen LogP contribution in [0.3, 0.4) is 0 Å². The van der Waals surface area contributed by atoms with Gasteiger partial charge >= 0.3 is 5.97 Å². The third-order valence-electron chi connectivity index (χ3n) is 6.04. The van der Waals surface area contributed by atoms with Gasteiger partial charge in [-0.3, -0.25) is 4.79 Å². The van der Waals surface area contributed by atoms with Gasteiger partial charge in [0.15, 0.2) is 10.5 Å². The third kappa shape index (κ3) is 7.33. The summed E-state index contributed by atoms with van der Waals surface area (Å²) in [5.41, 5.74) is 2.15. The van der Waals surface area contributed by atoms with Gasteiger partial charge in [0.25, 0.3) is 0 Å². The lowest BCUT2D eigenvalue weighted by molar-refractivity contribution is 0.0446. The number of benzene rings is 3. The van der Waals surface area contributed by atoms with Crippen molar-refractivity contribution in [2.45, 2.75) is 0 Å².